The van der Waals surface area contributed by atoms with Crippen molar-refractivity contribution in [1.82, 2.24) is 14.9 Å². The van der Waals surface area contributed by atoms with E-state index in [9.17, 15) is 4.79 Å². The number of halogens is 1. The minimum Gasteiger partial charge on any atom is -0.349 e. The highest BCUT2D eigenvalue weighted by atomic mass is 79.9. The highest BCUT2D eigenvalue weighted by Crippen LogP contribution is 2.15. The number of nitrogens with zero attached hydrogens (tertiary/aromatic N) is 2. The third-order valence-corrected chi connectivity index (χ3v) is 3.92. The molecule has 0 radical (unpaired) electrons. The first-order valence-corrected chi connectivity index (χ1v) is 7.08. The summed E-state index contributed by atoms with van der Waals surface area (Å²) in [5, 5.41) is 3.08. The molecule has 2 heterocycles. The molecule has 1 aliphatic heterocycles. The molecule has 1 aliphatic rings. The zero-order chi connectivity index (χ0) is 13.2. The van der Waals surface area contributed by atoms with Gasteiger partial charge in [-0.05, 0) is 30.7 Å². The Morgan fingerprint density at radius 2 is 2.16 bits per heavy atom. The van der Waals surface area contributed by atoms with Gasteiger partial charge in [0.25, 0.3) is 5.91 Å². The molecule has 1 unspecified atom stereocenters. The van der Waals surface area contributed by atoms with Crippen LogP contribution in [0.4, 0.5) is 0 Å². The van der Waals surface area contributed by atoms with Crippen molar-refractivity contribution >= 4 is 21.8 Å². The first-order valence-electron chi connectivity index (χ1n) is 6.29. The molecule has 0 spiro atoms. The van der Waals surface area contributed by atoms with Gasteiger partial charge < -0.3 is 9.88 Å². The average Bonchev–Trinajstić information content (AvgIpc) is 2.87. The van der Waals surface area contributed by atoms with Crippen LogP contribution in [0.3, 0.4) is 0 Å². The maximum atomic E-state index is 12.1. The molecule has 98 valence electrons. The van der Waals surface area contributed by atoms with Crippen LogP contribution < -0.4 is 5.32 Å². The second-order valence-electron chi connectivity index (χ2n) is 4.71. The van der Waals surface area contributed by atoms with Gasteiger partial charge in [-0.25, -0.2) is 4.98 Å². The summed E-state index contributed by atoms with van der Waals surface area (Å²) in [6.07, 6.45) is 5.55. The Morgan fingerprint density at radius 3 is 2.95 bits per heavy atom. The Balaban J connectivity index is 1.66. The fraction of sp³-hybridized carbons (Fsp3) is 0.286. The average molecular weight is 320 g/mol. The Hall–Kier alpha value is -1.62. The summed E-state index contributed by atoms with van der Waals surface area (Å²) in [5.74, 6) is 1.03. The predicted octanol–water partition coefficient (Wildman–Crippen LogP) is 2.39. The van der Waals surface area contributed by atoms with Gasteiger partial charge in [0.15, 0.2) is 0 Å². The van der Waals surface area contributed by atoms with Crippen molar-refractivity contribution in [1.29, 1.82) is 0 Å². The molecule has 1 aromatic heterocycles. The maximum Gasteiger partial charge on any atom is 0.251 e. The number of nitrogens with one attached hydrogen (secondary N) is 1. The molecular formula is C14H14BrN3O. The van der Waals surface area contributed by atoms with Crippen molar-refractivity contribution < 1.29 is 4.79 Å². The quantitative estimate of drug-likeness (QED) is 0.923. The largest absolute Gasteiger partial charge is 0.349 e. The van der Waals surface area contributed by atoms with Gasteiger partial charge >= 0.3 is 0 Å². The second kappa shape index (κ2) is 5.17. The van der Waals surface area contributed by atoms with Crippen LogP contribution in [-0.2, 0) is 13.0 Å². The topological polar surface area (TPSA) is 46.9 Å². The molecule has 0 bridgehead atoms. The number of imidazole rings is 1. The van der Waals surface area contributed by atoms with Crippen LogP contribution in [0.25, 0.3) is 0 Å². The summed E-state index contributed by atoms with van der Waals surface area (Å²) in [6, 6.07) is 7.57. The van der Waals surface area contributed by atoms with Crippen molar-refractivity contribution in [2.24, 2.45) is 0 Å². The van der Waals surface area contributed by atoms with Crippen LogP contribution in [0.15, 0.2) is 41.1 Å². The lowest BCUT2D eigenvalue weighted by molar-refractivity contribution is 0.0930. The van der Waals surface area contributed by atoms with Gasteiger partial charge in [-0.2, -0.15) is 0 Å². The zero-order valence-corrected chi connectivity index (χ0v) is 11.9. The van der Waals surface area contributed by atoms with E-state index >= 15 is 0 Å². The minimum atomic E-state index is -0.0162. The lowest BCUT2D eigenvalue weighted by Crippen LogP contribution is -2.40. The molecule has 1 aromatic carbocycles. The molecule has 5 heteroatoms. The molecular weight excluding hydrogens is 306 g/mol. The van der Waals surface area contributed by atoms with E-state index < -0.39 is 0 Å². The third kappa shape index (κ3) is 2.71. The molecule has 19 heavy (non-hydrogen) atoms. The smallest absolute Gasteiger partial charge is 0.251 e. The van der Waals surface area contributed by atoms with E-state index in [0.717, 1.165) is 29.7 Å². The summed E-state index contributed by atoms with van der Waals surface area (Å²) in [6.45, 7) is 0.917. The van der Waals surface area contributed by atoms with Gasteiger partial charge in [0.05, 0.1) is 0 Å². The fourth-order valence-electron chi connectivity index (χ4n) is 2.34. The van der Waals surface area contributed by atoms with E-state index in [1.165, 1.54) is 0 Å². The van der Waals surface area contributed by atoms with E-state index in [1.807, 2.05) is 36.7 Å². The minimum absolute atomic E-state index is 0.0162. The number of benzene rings is 1. The normalized spacial score (nSPS) is 17.8. The number of carbonyl (C=O) groups excluding carboxylic acids is 1. The summed E-state index contributed by atoms with van der Waals surface area (Å²) in [5.41, 5.74) is 0.692. The van der Waals surface area contributed by atoms with Crippen LogP contribution in [0.2, 0.25) is 0 Å². The van der Waals surface area contributed by atoms with E-state index in [0.29, 0.717) is 5.56 Å². The molecule has 1 N–H and O–H groups in total. The highest BCUT2D eigenvalue weighted by molar-refractivity contribution is 9.10. The Kier molecular flexibility index (Phi) is 3.38. The van der Waals surface area contributed by atoms with Crippen molar-refractivity contribution in [3.05, 3.63) is 52.5 Å². The molecule has 0 aliphatic carbocycles. The first kappa shape index (κ1) is 12.4. The third-order valence-electron chi connectivity index (χ3n) is 3.39. The molecule has 1 amide bonds. The number of hydrogen-bond acceptors (Lipinski definition) is 2. The number of hydrogen-bond donors (Lipinski definition) is 1. The Labute approximate surface area is 120 Å². The molecule has 3 rings (SSSR count). The monoisotopic (exact) mass is 319 g/mol. The lowest BCUT2D eigenvalue weighted by Gasteiger charge is -2.24. The molecule has 2 aromatic rings. The van der Waals surface area contributed by atoms with Crippen LogP contribution in [0, 0.1) is 0 Å². The summed E-state index contributed by atoms with van der Waals surface area (Å²) in [7, 11) is 0. The van der Waals surface area contributed by atoms with Gasteiger partial charge in [-0.3, -0.25) is 4.79 Å². The molecule has 0 saturated heterocycles. The van der Waals surface area contributed by atoms with Gasteiger partial charge in [-0.15, -0.1) is 0 Å². The van der Waals surface area contributed by atoms with Crippen molar-refractivity contribution in [2.45, 2.75) is 25.4 Å². The van der Waals surface area contributed by atoms with Crippen LogP contribution in [0.1, 0.15) is 22.6 Å². The zero-order valence-electron chi connectivity index (χ0n) is 10.3. The number of rotatable bonds is 2. The summed E-state index contributed by atoms with van der Waals surface area (Å²) < 4.78 is 3.12. The number of aromatic nitrogens is 2. The van der Waals surface area contributed by atoms with Crippen molar-refractivity contribution in [2.75, 3.05) is 0 Å². The number of aryl methyl sites for hydroxylation is 1. The molecule has 0 fully saturated rings. The van der Waals surface area contributed by atoms with E-state index in [1.54, 1.807) is 0 Å². The van der Waals surface area contributed by atoms with E-state index in [2.05, 4.69) is 30.8 Å². The lowest BCUT2D eigenvalue weighted by atomic mass is 10.1. The van der Waals surface area contributed by atoms with Gasteiger partial charge in [-0.1, -0.05) is 15.9 Å². The second-order valence-corrected chi connectivity index (χ2v) is 5.62. The number of carbonyl (C=O) groups is 1. The van der Waals surface area contributed by atoms with Crippen LogP contribution in [-0.4, -0.2) is 21.5 Å². The molecule has 1 atom stereocenters. The Bertz CT molecular complexity index is 591. The Morgan fingerprint density at radius 1 is 1.37 bits per heavy atom. The van der Waals surface area contributed by atoms with Gasteiger partial charge in [0, 0.05) is 41.4 Å². The highest BCUT2D eigenvalue weighted by Gasteiger charge is 2.21. The number of amides is 1. The van der Waals surface area contributed by atoms with Gasteiger partial charge in [0.1, 0.15) is 5.82 Å². The maximum absolute atomic E-state index is 12.1. The molecule has 4 nitrogen and oxygen atoms in total. The predicted molar refractivity (Wildman–Crippen MR) is 75.9 cm³/mol. The fourth-order valence-corrected chi connectivity index (χ4v) is 2.61. The van der Waals surface area contributed by atoms with Crippen molar-refractivity contribution in [3.63, 3.8) is 0 Å². The SMILES string of the molecule is O=C(NC1CCn2ccnc2C1)c1ccc(Br)cc1. The summed E-state index contributed by atoms with van der Waals surface area (Å²) in [4.78, 5) is 16.4. The van der Waals surface area contributed by atoms with Gasteiger partial charge in [0.2, 0.25) is 0 Å². The first-order chi connectivity index (χ1) is 9.22. The van der Waals surface area contributed by atoms with E-state index in [4.69, 9.17) is 0 Å². The number of fused-ring (bicyclic) bond motifs is 1. The van der Waals surface area contributed by atoms with Crippen molar-refractivity contribution in [3.8, 4) is 0 Å². The van der Waals surface area contributed by atoms with Crippen LogP contribution >= 0.6 is 15.9 Å². The summed E-state index contributed by atoms with van der Waals surface area (Å²) >= 11 is 3.36. The van der Waals surface area contributed by atoms with Crippen LogP contribution in [0.5, 0.6) is 0 Å². The van der Waals surface area contributed by atoms with E-state index in [-0.39, 0.29) is 11.9 Å². The standard InChI is InChI=1S/C14H14BrN3O/c15-11-3-1-10(2-4-11)14(19)17-12-5-7-18-8-6-16-13(18)9-12/h1-4,6,8,12H,5,7,9H2,(H,17,19). The molecule has 0 saturated carbocycles.